The molecule has 152 valence electrons. The average Bonchev–Trinajstić information content (AvgIpc) is 3.17. The first-order valence-electron chi connectivity index (χ1n) is 9.57. The predicted octanol–water partition coefficient (Wildman–Crippen LogP) is 3.72. The van der Waals surface area contributed by atoms with Crippen molar-refractivity contribution in [3.8, 4) is 11.4 Å². The van der Waals surface area contributed by atoms with Crippen LogP contribution in [0.2, 0.25) is 0 Å². The maximum Gasteiger partial charge on any atom is 0.232 e. The Bertz CT molecular complexity index is 959. The minimum Gasteiger partial charge on any atom is -0.492 e. The minimum absolute atomic E-state index is 0.289. The van der Waals surface area contributed by atoms with Crippen LogP contribution in [-0.2, 0) is 4.74 Å². The molecule has 1 saturated heterocycles. The molecule has 1 aliphatic rings. The number of hydrogen-bond acceptors (Lipinski definition) is 6. The molecule has 6 nitrogen and oxygen atoms in total. The standard InChI is InChI=1S/C21H23FN4O2S/c1-16-5-2-3-8-19(16)28-13-14-29-21-24-23-20(25-9-11-27-12-10-25)26(21)18-7-4-6-17(22)15-18/h2-8,15H,9-14H2,1H3. The molecule has 0 spiro atoms. The first-order chi connectivity index (χ1) is 14.2. The first-order valence-corrected chi connectivity index (χ1v) is 10.6. The molecule has 0 unspecified atom stereocenters. The number of ether oxygens (including phenoxy) is 2. The summed E-state index contributed by atoms with van der Waals surface area (Å²) in [6.45, 7) is 5.31. The molecule has 1 aromatic heterocycles. The lowest BCUT2D eigenvalue weighted by Gasteiger charge is -2.27. The van der Waals surface area contributed by atoms with Gasteiger partial charge >= 0.3 is 0 Å². The van der Waals surface area contributed by atoms with Crippen LogP contribution in [-0.4, -0.2) is 53.4 Å². The fraction of sp³-hybridized carbons (Fsp3) is 0.333. The summed E-state index contributed by atoms with van der Waals surface area (Å²) in [5.74, 6) is 2.00. The summed E-state index contributed by atoms with van der Waals surface area (Å²) in [6, 6.07) is 14.4. The molecule has 1 fully saturated rings. The van der Waals surface area contributed by atoms with Crippen molar-refractivity contribution in [3.05, 3.63) is 59.9 Å². The van der Waals surface area contributed by atoms with Crippen LogP contribution in [0.4, 0.5) is 10.3 Å². The van der Waals surface area contributed by atoms with E-state index >= 15 is 0 Å². The molecule has 4 rings (SSSR count). The zero-order valence-electron chi connectivity index (χ0n) is 16.3. The van der Waals surface area contributed by atoms with E-state index in [9.17, 15) is 4.39 Å². The first kappa shape index (κ1) is 19.7. The highest BCUT2D eigenvalue weighted by molar-refractivity contribution is 7.99. The molecule has 0 radical (unpaired) electrons. The maximum absolute atomic E-state index is 13.9. The van der Waals surface area contributed by atoms with Gasteiger partial charge in [-0.25, -0.2) is 4.39 Å². The summed E-state index contributed by atoms with van der Waals surface area (Å²) < 4.78 is 27.1. The van der Waals surface area contributed by atoms with Crippen molar-refractivity contribution < 1.29 is 13.9 Å². The second kappa shape index (κ2) is 9.28. The van der Waals surface area contributed by atoms with Gasteiger partial charge in [-0.1, -0.05) is 36.0 Å². The van der Waals surface area contributed by atoms with Gasteiger partial charge in [0.1, 0.15) is 11.6 Å². The van der Waals surface area contributed by atoms with E-state index in [0.717, 1.165) is 24.4 Å². The summed E-state index contributed by atoms with van der Waals surface area (Å²) >= 11 is 1.54. The third-order valence-electron chi connectivity index (χ3n) is 4.64. The monoisotopic (exact) mass is 414 g/mol. The van der Waals surface area contributed by atoms with Crippen LogP contribution in [0.3, 0.4) is 0 Å². The van der Waals surface area contributed by atoms with Gasteiger partial charge in [-0.15, -0.1) is 10.2 Å². The van der Waals surface area contributed by atoms with Crippen molar-refractivity contribution in [2.45, 2.75) is 12.1 Å². The SMILES string of the molecule is Cc1ccccc1OCCSc1nnc(N2CCOCC2)n1-c1cccc(F)c1. The number of aryl methyl sites for hydroxylation is 1. The Morgan fingerprint density at radius 1 is 1.10 bits per heavy atom. The van der Waals surface area contributed by atoms with Crippen LogP contribution in [0.5, 0.6) is 5.75 Å². The van der Waals surface area contributed by atoms with Crippen LogP contribution < -0.4 is 9.64 Å². The molecule has 2 aromatic carbocycles. The van der Waals surface area contributed by atoms with Crippen LogP contribution in [0.15, 0.2) is 53.7 Å². The number of aromatic nitrogens is 3. The van der Waals surface area contributed by atoms with Gasteiger partial charge in [0, 0.05) is 18.8 Å². The second-order valence-electron chi connectivity index (χ2n) is 6.66. The van der Waals surface area contributed by atoms with Gasteiger partial charge in [0.25, 0.3) is 0 Å². The predicted molar refractivity (Wildman–Crippen MR) is 112 cm³/mol. The van der Waals surface area contributed by atoms with Crippen molar-refractivity contribution in [1.29, 1.82) is 0 Å². The van der Waals surface area contributed by atoms with Crippen LogP contribution in [0, 0.1) is 12.7 Å². The molecule has 8 heteroatoms. The third-order valence-corrected chi connectivity index (χ3v) is 5.54. The van der Waals surface area contributed by atoms with Crippen molar-refractivity contribution in [2.24, 2.45) is 0 Å². The Kier molecular flexibility index (Phi) is 6.31. The van der Waals surface area contributed by atoms with Crippen LogP contribution in [0.25, 0.3) is 5.69 Å². The molecule has 0 aliphatic carbocycles. The summed E-state index contributed by atoms with van der Waals surface area (Å²) in [7, 11) is 0. The van der Waals surface area contributed by atoms with Gasteiger partial charge in [0.05, 0.1) is 25.5 Å². The maximum atomic E-state index is 13.9. The summed E-state index contributed by atoms with van der Waals surface area (Å²) in [5, 5.41) is 9.48. The summed E-state index contributed by atoms with van der Waals surface area (Å²) in [6.07, 6.45) is 0. The van der Waals surface area contributed by atoms with E-state index in [4.69, 9.17) is 9.47 Å². The van der Waals surface area contributed by atoms with Crippen molar-refractivity contribution in [3.63, 3.8) is 0 Å². The highest BCUT2D eigenvalue weighted by Crippen LogP contribution is 2.27. The van der Waals surface area contributed by atoms with E-state index in [1.165, 1.54) is 12.1 Å². The molecule has 0 N–H and O–H groups in total. The fourth-order valence-corrected chi connectivity index (χ4v) is 3.93. The molecule has 2 heterocycles. The second-order valence-corrected chi connectivity index (χ2v) is 7.72. The number of hydrogen-bond donors (Lipinski definition) is 0. The Labute approximate surface area is 173 Å². The topological polar surface area (TPSA) is 52.4 Å². The molecule has 0 amide bonds. The average molecular weight is 415 g/mol. The largest absolute Gasteiger partial charge is 0.492 e. The van der Waals surface area contributed by atoms with E-state index in [1.807, 2.05) is 41.8 Å². The molecule has 1 aliphatic heterocycles. The Morgan fingerprint density at radius 3 is 2.72 bits per heavy atom. The van der Waals surface area contributed by atoms with E-state index in [1.54, 1.807) is 17.8 Å². The van der Waals surface area contributed by atoms with Gasteiger partial charge in [0.15, 0.2) is 5.16 Å². The Balaban J connectivity index is 1.51. The van der Waals surface area contributed by atoms with Crippen molar-refractivity contribution in [1.82, 2.24) is 14.8 Å². The van der Waals surface area contributed by atoms with E-state index in [0.29, 0.717) is 42.4 Å². The van der Waals surface area contributed by atoms with E-state index in [-0.39, 0.29) is 5.82 Å². The number of anilines is 1. The number of halogens is 1. The van der Waals surface area contributed by atoms with Crippen LogP contribution in [0.1, 0.15) is 5.56 Å². The third kappa shape index (κ3) is 4.71. The lowest BCUT2D eigenvalue weighted by molar-refractivity contribution is 0.122. The molecule has 0 atom stereocenters. The number of thioether (sulfide) groups is 1. The smallest absolute Gasteiger partial charge is 0.232 e. The van der Waals surface area contributed by atoms with Gasteiger partial charge in [-0.3, -0.25) is 4.57 Å². The van der Waals surface area contributed by atoms with Gasteiger partial charge < -0.3 is 14.4 Å². The molecule has 0 bridgehead atoms. The van der Waals surface area contributed by atoms with E-state index in [2.05, 4.69) is 15.1 Å². The zero-order valence-corrected chi connectivity index (χ0v) is 17.1. The number of nitrogens with zero attached hydrogens (tertiary/aromatic N) is 4. The highest BCUT2D eigenvalue weighted by Gasteiger charge is 2.22. The highest BCUT2D eigenvalue weighted by atomic mass is 32.2. The molecular formula is C21H23FN4O2S. The molecular weight excluding hydrogens is 391 g/mol. The number of benzene rings is 2. The Morgan fingerprint density at radius 2 is 1.93 bits per heavy atom. The van der Waals surface area contributed by atoms with Crippen molar-refractivity contribution >= 4 is 17.7 Å². The molecule has 3 aromatic rings. The number of para-hydroxylation sites is 1. The normalized spacial score (nSPS) is 14.2. The van der Waals surface area contributed by atoms with Gasteiger partial charge in [-0.05, 0) is 36.8 Å². The molecule has 0 saturated carbocycles. The van der Waals surface area contributed by atoms with Crippen molar-refractivity contribution in [2.75, 3.05) is 43.6 Å². The quantitative estimate of drug-likeness (QED) is 0.434. The lowest BCUT2D eigenvalue weighted by atomic mass is 10.2. The summed E-state index contributed by atoms with van der Waals surface area (Å²) in [4.78, 5) is 2.12. The molecule has 29 heavy (non-hydrogen) atoms. The zero-order chi connectivity index (χ0) is 20.1. The fourth-order valence-electron chi connectivity index (χ4n) is 3.17. The summed E-state index contributed by atoms with van der Waals surface area (Å²) in [5.41, 5.74) is 1.81. The van der Waals surface area contributed by atoms with Gasteiger partial charge in [0.2, 0.25) is 5.95 Å². The minimum atomic E-state index is -0.289. The van der Waals surface area contributed by atoms with Gasteiger partial charge in [-0.2, -0.15) is 0 Å². The van der Waals surface area contributed by atoms with Crippen LogP contribution >= 0.6 is 11.8 Å². The lowest BCUT2D eigenvalue weighted by Crippen LogP contribution is -2.37. The van der Waals surface area contributed by atoms with E-state index < -0.39 is 0 Å². The Hall–Kier alpha value is -2.58. The number of morpholine rings is 1. The number of rotatable bonds is 7.